The summed E-state index contributed by atoms with van der Waals surface area (Å²) >= 11 is 0. The van der Waals surface area contributed by atoms with Gasteiger partial charge < -0.3 is 16.2 Å². The number of aliphatic hydroxyl groups excluding tert-OH is 1. The van der Waals surface area contributed by atoms with Gasteiger partial charge in [-0.2, -0.15) is 0 Å². The van der Waals surface area contributed by atoms with Gasteiger partial charge in [-0.25, -0.2) is 0 Å². The van der Waals surface area contributed by atoms with Gasteiger partial charge in [0.2, 0.25) is 5.91 Å². The minimum absolute atomic E-state index is 0.0432. The normalized spacial score (nSPS) is 9.79. The molecule has 0 spiro atoms. The molecule has 1 amide bonds. The molecule has 0 aromatic heterocycles. The van der Waals surface area contributed by atoms with Crippen LogP contribution < -0.4 is 11.1 Å². The maximum atomic E-state index is 10.4. The fourth-order valence-electron chi connectivity index (χ4n) is 1.06. The van der Waals surface area contributed by atoms with Crippen LogP contribution in [-0.2, 0) is 11.4 Å². The lowest BCUT2D eigenvalue weighted by molar-refractivity contribution is -0.117. The Bertz CT molecular complexity index is 295. The zero-order valence-electron chi connectivity index (χ0n) is 7.86. The predicted octanol–water partition coefficient (Wildman–Crippen LogP) is 0.466. The molecule has 0 aliphatic carbocycles. The van der Waals surface area contributed by atoms with E-state index in [9.17, 15) is 4.79 Å². The lowest BCUT2D eigenvalue weighted by Crippen LogP contribution is -2.15. The van der Waals surface area contributed by atoms with Crippen LogP contribution in [0.15, 0.2) is 24.3 Å². The van der Waals surface area contributed by atoms with E-state index >= 15 is 0 Å². The summed E-state index contributed by atoms with van der Waals surface area (Å²) in [6, 6.07) is 7.36. The molecule has 0 aliphatic rings. The first-order valence-corrected chi connectivity index (χ1v) is 4.44. The van der Waals surface area contributed by atoms with Crippen molar-refractivity contribution in [3.8, 4) is 0 Å². The molecule has 0 bridgehead atoms. The Kier molecular flexibility index (Phi) is 3.94. The van der Waals surface area contributed by atoms with Crippen molar-refractivity contribution < 1.29 is 9.90 Å². The number of primary amides is 1. The molecule has 0 saturated carbocycles. The number of hydrogen-bond donors (Lipinski definition) is 3. The van der Waals surface area contributed by atoms with Gasteiger partial charge in [-0.1, -0.05) is 12.1 Å². The first-order valence-electron chi connectivity index (χ1n) is 4.44. The molecule has 4 N–H and O–H groups in total. The molecule has 0 unspecified atom stereocenters. The van der Waals surface area contributed by atoms with Gasteiger partial charge in [-0.15, -0.1) is 0 Å². The molecule has 4 nitrogen and oxygen atoms in total. The number of rotatable bonds is 5. The second-order valence-corrected chi connectivity index (χ2v) is 3.00. The monoisotopic (exact) mass is 194 g/mol. The van der Waals surface area contributed by atoms with Crippen LogP contribution in [-0.4, -0.2) is 17.6 Å². The van der Waals surface area contributed by atoms with E-state index in [1.54, 1.807) is 0 Å². The SMILES string of the molecule is NC(=O)CCNc1ccc(CO)cc1. The molecule has 0 aliphatic heterocycles. The molecular weight excluding hydrogens is 180 g/mol. The number of hydrogen-bond acceptors (Lipinski definition) is 3. The van der Waals surface area contributed by atoms with Gasteiger partial charge in [0.05, 0.1) is 6.61 Å². The third-order valence-corrected chi connectivity index (χ3v) is 1.84. The Morgan fingerprint density at radius 3 is 2.50 bits per heavy atom. The van der Waals surface area contributed by atoms with E-state index in [1.807, 2.05) is 24.3 Å². The molecule has 0 saturated heterocycles. The second kappa shape index (κ2) is 5.24. The van der Waals surface area contributed by atoms with Crippen molar-refractivity contribution in [2.45, 2.75) is 13.0 Å². The second-order valence-electron chi connectivity index (χ2n) is 3.00. The van der Waals surface area contributed by atoms with Crippen LogP contribution in [0.2, 0.25) is 0 Å². The third-order valence-electron chi connectivity index (χ3n) is 1.84. The molecule has 4 heteroatoms. The van der Waals surface area contributed by atoms with Gasteiger partial charge in [-0.3, -0.25) is 4.79 Å². The van der Waals surface area contributed by atoms with Gasteiger partial charge in [0, 0.05) is 18.7 Å². The summed E-state index contributed by atoms with van der Waals surface area (Å²) < 4.78 is 0. The highest BCUT2D eigenvalue weighted by Crippen LogP contribution is 2.08. The number of nitrogens with one attached hydrogen (secondary N) is 1. The van der Waals surface area contributed by atoms with Crippen LogP contribution in [0.25, 0.3) is 0 Å². The van der Waals surface area contributed by atoms with Crippen molar-refractivity contribution in [3.05, 3.63) is 29.8 Å². The third kappa shape index (κ3) is 3.45. The Balaban J connectivity index is 2.40. The van der Waals surface area contributed by atoms with E-state index in [0.717, 1.165) is 11.3 Å². The van der Waals surface area contributed by atoms with Crippen LogP contribution in [0.4, 0.5) is 5.69 Å². The molecule has 0 radical (unpaired) electrons. The zero-order valence-corrected chi connectivity index (χ0v) is 7.86. The number of aliphatic hydroxyl groups is 1. The molecule has 0 atom stereocenters. The summed E-state index contributed by atoms with van der Waals surface area (Å²) in [7, 11) is 0. The largest absolute Gasteiger partial charge is 0.392 e. The molecule has 0 fully saturated rings. The maximum Gasteiger partial charge on any atom is 0.219 e. The highest BCUT2D eigenvalue weighted by atomic mass is 16.3. The van der Waals surface area contributed by atoms with Gasteiger partial charge in [0.25, 0.3) is 0 Å². The minimum atomic E-state index is -0.315. The Hall–Kier alpha value is -1.55. The fourth-order valence-corrected chi connectivity index (χ4v) is 1.06. The lowest BCUT2D eigenvalue weighted by atomic mass is 10.2. The number of nitrogens with two attached hydrogens (primary N) is 1. The van der Waals surface area contributed by atoms with Crippen LogP contribution in [0.1, 0.15) is 12.0 Å². The Morgan fingerprint density at radius 1 is 1.36 bits per heavy atom. The predicted molar refractivity (Wildman–Crippen MR) is 54.7 cm³/mol. The van der Waals surface area contributed by atoms with Crippen molar-refractivity contribution in [1.29, 1.82) is 0 Å². The van der Waals surface area contributed by atoms with Crippen LogP contribution in [0.5, 0.6) is 0 Å². The van der Waals surface area contributed by atoms with Gasteiger partial charge in [0.1, 0.15) is 0 Å². The van der Waals surface area contributed by atoms with E-state index in [-0.39, 0.29) is 12.5 Å². The quantitative estimate of drug-likeness (QED) is 0.637. The van der Waals surface area contributed by atoms with E-state index in [2.05, 4.69) is 5.32 Å². The summed E-state index contributed by atoms with van der Waals surface area (Å²) in [6.07, 6.45) is 0.321. The molecule has 1 aromatic rings. The summed E-state index contributed by atoms with van der Waals surface area (Å²) in [6.45, 7) is 0.579. The summed E-state index contributed by atoms with van der Waals surface area (Å²) in [5.74, 6) is -0.315. The van der Waals surface area contributed by atoms with Gasteiger partial charge >= 0.3 is 0 Å². The van der Waals surface area contributed by atoms with Crippen molar-refractivity contribution in [2.75, 3.05) is 11.9 Å². The maximum absolute atomic E-state index is 10.4. The molecular formula is C10H14N2O2. The van der Waals surface area contributed by atoms with Crippen LogP contribution >= 0.6 is 0 Å². The average molecular weight is 194 g/mol. The van der Waals surface area contributed by atoms with Gasteiger partial charge in [-0.05, 0) is 17.7 Å². The summed E-state index contributed by atoms with van der Waals surface area (Å²) in [5, 5.41) is 11.8. The fraction of sp³-hybridized carbons (Fsp3) is 0.300. The van der Waals surface area contributed by atoms with E-state index in [1.165, 1.54) is 0 Å². The zero-order chi connectivity index (χ0) is 10.4. The van der Waals surface area contributed by atoms with E-state index < -0.39 is 0 Å². The highest BCUT2D eigenvalue weighted by molar-refractivity contribution is 5.74. The average Bonchev–Trinajstić information content (AvgIpc) is 2.18. The molecule has 0 heterocycles. The molecule has 76 valence electrons. The van der Waals surface area contributed by atoms with Crippen LogP contribution in [0.3, 0.4) is 0 Å². The van der Waals surface area contributed by atoms with Gasteiger partial charge in [0.15, 0.2) is 0 Å². The summed E-state index contributed by atoms with van der Waals surface area (Å²) in [5.41, 5.74) is 6.78. The van der Waals surface area contributed by atoms with Crippen molar-refractivity contribution in [3.63, 3.8) is 0 Å². The minimum Gasteiger partial charge on any atom is -0.392 e. The molecule has 1 rings (SSSR count). The van der Waals surface area contributed by atoms with E-state index in [0.29, 0.717) is 13.0 Å². The Morgan fingerprint density at radius 2 is 2.00 bits per heavy atom. The topological polar surface area (TPSA) is 75.4 Å². The lowest BCUT2D eigenvalue weighted by Gasteiger charge is -2.05. The standard InChI is InChI=1S/C10H14N2O2/c11-10(14)5-6-12-9-3-1-8(7-13)2-4-9/h1-4,12-13H,5-7H2,(H2,11,14). The Labute approximate surface area is 82.7 Å². The molecule has 1 aromatic carbocycles. The van der Waals surface area contributed by atoms with Crippen molar-refractivity contribution in [1.82, 2.24) is 0 Å². The first kappa shape index (κ1) is 10.5. The van der Waals surface area contributed by atoms with Crippen molar-refractivity contribution >= 4 is 11.6 Å². The first-order chi connectivity index (χ1) is 6.72. The van der Waals surface area contributed by atoms with E-state index in [4.69, 9.17) is 10.8 Å². The molecule has 14 heavy (non-hydrogen) atoms. The smallest absolute Gasteiger partial charge is 0.219 e. The van der Waals surface area contributed by atoms with Crippen molar-refractivity contribution in [2.24, 2.45) is 5.73 Å². The number of anilines is 1. The summed E-state index contributed by atoms with van der Waals surface area (Å²) in [4.78, 5) is 10.4. The van der Waals surface area contributed by atoms with Crippen LogP contribution in [0, 0.1) is 0 Å². The number of benzene rings is 1. The number of carbonyl (C=O) groups excluding carboxylic acids is 1. The highest BCUT2D eigenvalue weighted by Gasteiger charge is 1.95. The number of amides is 1. The number of carbonyl (C=O) groups is 1.